The zero-order chi connectivity index (χ0) is 19.1. The monoisotopic (exact) mass is 376 g/mol. The van der Waals surface area contributed by atoms with Gasteiger partial charge in [-0.15, -0.1) is 11.8 Å². The van der Waals surface area contributed by atoms with Crippen LogP contribution < -0.4 is 10.6 Å². The van der Waals surface area contributed by atoms with Crippen molar-refractivity contribution in [2.24, 2.45) is 0 Å². The molecule has 1 unspecified atom stereocenters. The second kappa shape index (κ2) is 9.05. The highest BCUT2D eigenvalue weighted by atomic mass is 32.2. The maximum absolute atomic E-state index is 12.9. The van der Waals surface area contributed by atoms with Crippen molar-refractivity contribution in [3.05, 3.63) is 90.5 Å². The van der Waals surface area contributed by atoms with E-state index in [-0.39, 0.29) is 11.8 Å². The number of carbonyl (C=O) groups excluding carboxylic acids is 2. The van der Waals surface area contributed by atoms with Crippen LogP contribution in [0.3, 0.4) is 0 Å². The molecule has 0 heterocycles. The third kappa shape index (κ3) is 5.46. The Labute approximate surface area is 163 Å². The van der Waals surface area contributed by atoms with Gasteiger partial charge in [-0.2, -0.15) is 0 Å². The summed E-state index contributed by atoms with van der Waals surface area (Å²) in [7, 11) is 0. The molecule has 0 aliphatic rings. The Morgan fingerprint density at radius 2 is 1.30 bits per heavy atom. The van der Waals surface area contributed by atoms with Gasteiger partial charge in [0, 0.05) is 23.2 Å². The van der Waals surface area contributed by atoms with E-state index in [0.29, 0.717) is 0 Å². The molecule has 4 nitrogen and oxygen atoms in total. The van der Waals surface area contributed by atoms with Gasteiger partial charge in [0.05, 0.1) is 0 Å². The molecular weight excluding hydrogens is 356 g/mol. The predicted molar refractivity (Wildman–Crippen MR) is 111 cm³/mol. The van der Waals surface area contributed by atoms with Crippen molar-refractivity contribution in [1.82, 2.24) is 0 Å². The van der Waals surface area contributed by atoms with Crippen LogP contribution in [0.4, 0.5) is 11.4 Å². The number of hydrogen-bond donors (Lipinski definition) is 2. The topological polar surface area (TPSA) is 58.2 Å². The Morgan fingerprint density at radius 3 is 1.89 bits per heavy atom. The van der Waals surface area contributed by atoms with Crippen molar-refractivity contribution in [3.8, 4) is 0 Å². The van der Waals surface area contributed by atoms with Crippen molar-refractivity contribution < 1.29 is 9.59 Å². The smallest absolute Gasteiger partial charge is 0.242 e. The zero-order valence-electron chi connectivity index (χ0n) is 14.9. The highest BCUT2D eigenvalue weighted by Crippen LogP contribution is 2.36. The van der Waals surface area contributed by atoms with Crippen LogP contribution in [-0.2, 0) is 9.59 Å². The van der Waals surface area contributed by atoms with Gasteiger partial charge in [-0.05, 0) is 42.0 Å². The third-order valence-electron chi connectivity index (χ3n) is 3.81. The molecule has 3 rings (SSSR count). The lowest BCUT2D eigenvalue weighted by molar-refractivity contribution is -0.116. The SMILES string of the molecule is CC(=O)Nc1ccc(SC(C(=O)Nc2ccccc2)c2ccccc2)cc1. The van der Waals surface area contributed by atoms with Crippen LogP contribution in [0.5, 0.6) is 0 Å². The van der Waals surface area contributed by atoms with E-state index in [1.807, 2.05) is 84.9 Å². The minimum atomic E-state index is -0.391. The average molecular weight is 376 g/mol. The number of amides is 2. The molecule has 3 aromatic carbocycles. The quantitative estimate of drug-likeness (QED) is 0.587. The van der Waals surface area contributed by atoms with E-state index in [1.54, 1.807) is 0 Å². The molecule has 0 aliphatic carbocycles. The second-order valence-corrected chi connectivity index (χ2v) is 7.15. The Balaban J connectivity index is 1.80. The maximum Gasteiger partial charge on any atom is 0.242 e. The van der Waals surface area contributed by atoms with Crippen LogP contribution in [0.25, 0.3) is 0 Å². The first-order chi connectivity index (χ1) is 13.1. The molecule has 1 atom stereocenters. The molecule has 0 fully saturated rings. The summed E-state index contributed by atoms with van der Waals surface area (Å²) in [5.74, 6) is -0.192. The number of anilines is 2. The Bertz CT molecular complexity index is 897. The predicted octanol–water partition coefficient (Wildman–Crippen LogP) is 5.12. The lowest BCUT2D eigenvalue weighted by Gasteiger charge is -2.17. The molecule has 3 aromatic rings. The Kier molecular flexibility index (Phi) is 6.28. The number of thioether (sulfide) groups is 1. The summed E-state index contributed by atoms with van der Waals surface area (Å²) in [6, 6.07) is 26.6. The number of benzene rings is 3. The first-order valence-corrected chi connectivity index (χ1v) is 9.45. The summed E-state index contributed by atoms with van der Waals surface area (Å²) in [6.07, 6.45) is 0. The largest absolute Gasteiger partial charge is 0.326 e. The first kappa shape index (κ1) is 18.7. The van der Waals surface area contributed by atoms with E-state index >= 15 is 0 Å². The summed E-state index contributed by atoms with van der Waals surface area (Å²) < 4.78 is 0. The molecule has 5 heteroatoms. The van der Waals surface area contributed by atoms with Crippen LogP contribution >= 0.6 is 11.8 Å². The highest BCUT2D eigenvalue weighted by molar-refractivity contribution is 8.00. The fourth-order valence-electron chi connectivity index (χ4n) is 2.59. The minimum Gasteiger partial charge on any atom is -0.326 e. The van der Waals surface area contributed by atoms with Gasteiger partial charge in [0.1, 0.15) is 5.25 Å². The maximum atomic E-state index is 12.9. The van der Waals surface area contributed by atoms with Crippen LogP contribution in [0, 0.1) is 0 Å². The second-order valence-electron chi connectivity index (χ2n) is 5.97. The first-order valence-electron chi connectivity index (χ1n) is 8.57. The van der Waals surface area contributed by atoms with E-state index < -0.39 is 5.25 Å². The molecule has 27 heavy (non-hydrogen) atoms. The van der Waals surface area contributed by atoms with Crippen molar-refractivity contribution in [3.63, 3.8) is 0 Å². The van der Waals surface area contributed by atoms with Gasteiger partial charge < -0.3 is 10.6 Å². The van der Waals surface area contributed by atoms with Gasteiger partial charge >= 0.3 is 0 Å². The van der Waals surface area contributed by atoms with Gasteiger partial charge in [-0.1, -0.05) is 48.5 Å². The lowest BCUT2D eigenvalue weighted by atomic mass is 10.1. The molecule has 2 N–H and O–H groups in total. The van der Waals surface area contributed by atoms with Crippen LogP contribution in [0.1, 0.15) is 17.7 Å². The minimum absolute atomic E-state index is 0.0802. The molecule has 0 spiro atoms. The summed E-state index contributed by atoms with van der Waals surface area (Å²) in [5.41, 5.74) is 2.43. The van der Waals surface area contributed by atoms with Crippen LogP contribution in [0.2, 0.25) is 0 Å². The molecule has 0 saturated carbocycles. The molecule has 0 aromatic heterocycles. The summed E-state index contributed by atoms with van der Waals surface area (Å²) in [4.78, 5) is 25.0. The number of carbonyl (C=O) groups is 2. The molecule has 2 amide bonds. The van der Waals surface area contributed by atoms with Gasteiger partial charge in [-0.25, -0.2) is 0 Å². The standard InChI is InChI=1S/C22H20N2O2S/c1-16(25)23-19-12-14-20(15-13-19)27-21(17-8-4-2-5-9-17)22(26)24-18-10-6-3-7-11-18/h2-15,21H,1H3,(H,23,25)(H,24,26). The molecule has 0 aliphatic heterocycles. The van der Waals surface area contributed by atoms with E-state index in [1.165, 1.54) is 18.7 Å². The molecule has 0 bridgehead atoms. The zero-order valence-corrected chi connectivity index (χ0v) is 15.7. The Hall–Kier alpha value is -3.05. The van der Waals surface area contributed by atoms with E-state index in [4.69, 9.17) is 0 Å². The van der Waals surface area contributed by atoms with Gasteiger partial charge in [0.25, 0.3) is 0 Å². The molecule has 136 valence electrons. The van der Waals surface area contributed by atoms with Gasteiger partial charge in [0.2, 0.25) is 11.8 Å². The van der Waals surface area contributed by atoms with Crippen molar-refractivity contribution in [2.75, 3.05) is 10.6 Å². The number of nitrogens with one attached hydrogen (secondary N) is 2. The van der Waals surface area contributed by atoms with Crippen molar-refractivity contribution in [1.29, 1.82) is 0 Å². The number of hydrogen-bond acceptors (Lipinski definition) is 3. The highest BCUT2D eigenvalue weighted by Gasteiger charge is 2.22. The molecule has 0 saturated heterocycles. The molecule has 0 radical (unpaired) electrons. The van der Waals surface area contributed by atoms with Crippen LogP contribution in [0.15, 0.2) is 89.8 Å². The summed E-state index contributed by atoms with van der Waals surface area (Å²) in [5, 5.41) is 5.34. The van der Waals surface area contributed by atoms with Crippen LogP contribution in [-0.4, -0.2) is 11.8 Å². The Morgan fingerprint density at radius 1 is 0.741 bits per heavy atom. The van der Waals surface area contributed by atoms with Gasteiger partial charge in [0.15, 0.2) is 0 Å². The fourth-order valence-corrected chi connectivity index (χ4v) is 3.61. The lowest BCUT2D eigenvalue weighted by Crippen LogP contribution is -2.18. The fraction of sp³-hybridized carbons (Fsp3) is 0.0909. The summed E-state index contributed by atoms with van der Waals surface area (Å²) >= 11 is 1.47. The number of para-hydroxylation sites is 1. The number of rotatable bonds is 6. The normalized spacial score (nSPS) is 11.4. The van der Waals surface area contributed by atoms with E-state index in [0.717, 1.165) is 21.8 Å². The van der Waals surface area contributed by atoms with Crippen molar-refractivity contribution >= 4 is 35.0 Å². The van der Waals surface area contributed by atoms with Crippen molar-refractivity contribution in [2.45, 2.75) is 17.1 Å². The van der Waals surface area contributed by atoms with Gasteiger partial charge in [-0.3, -0.25) is 9.59 Å². The average Bonchev–Trinajstić information content (AvgIpc) is 2.68. The third-order valence-corrected chi connectivity index (χ3v) is 5.08. The van der Waals surface area contributed by atoms with E-state index in [9.17, 15) is 9.59 Å². The van der Waals surface area contributed by atoms with E-state index in [2.05, 4.69) is 10.6 Å². The summed E-state index contributed by atoms with van der Waals surface area (Å²) in [6.45, 7) is 1.47. The molecular formula is C22H20N2O2S.